The summed E-state index contributed by atoms with van der Waals surface area (Å²) < 4.78 is 0. The van der Waals surface area contributed by atoms with Gasteiger partial charge in [0.2, 0.25) is 0 Å². The number of thioether (sulfide) groups is 1. The van der Waals surface area contributed by atoms with Gasteiger partial charge >= 0.3 is 0 Å². The summed E-state index contributed by atoms with van der Waals surface area (Å²) in [6.45, 7) is 9.48. The number of hydrogen-bond donors (Lipinski definition) is 2. The zero-order valence-electron chi connectivity index (χ0n) is 12.7. The molecular formula is C16H26N2OS. The molecule has 0 aliphatic carbocycles. The number of hydrogen-bond acceptors (Lipinski definition) is 4. The molecule has 2 unspecified atom stereocenters. The molecular weight excluding hydrogens is 268 g/mol. The monoisotopic (exact) mass is 294 g/mol. The maximum absolute atomic E-state index is 10.3. The van der Waals surface area contributed by atoms with Gasteiger partial charge in [-0.05, 0) is 26.0 Å². The number of rotatable bonds is 5. The molecule has 1 aliphatic heterocycles. The number of nitrogens with one attached hydrogen (secondary N) is 1. The molecule has 112 valence electrons. The van der Waals surface area contributed by atoms with Crippen LogP contribution in [0.25, 0.3) is 0 Å². The predicted octanol–water partition coefficient (Wildman–Crippen LogP) is 3.39. The number of phenolic OH excluding ortho intramolecular Hbond substituents is 1. The fourth-order valence-corrected chi connectivity index (χ4v) is 3.89. The van der Waals surface area contributed by atoms with E-state index < -0.39 is 0 Å². The van der Waals surface area contributed by atoms with Crippen LogP contribution in [0.4, 0.5) is 5.69 Å². The van der Waals surface area contributed by atoms with Crippen molar-refractivity contribution in [2.24, 2.45) is 0 Å². The minimum atomic E-state index is 0.189. The third kappa shape index (κ3) is 3.61. The fraction of sp³-hybridized carbons (Fsp3) is 0.625. The molecule has 1 aromatic carbocycles. The van der Waals surface area contributed by atoms with Gasteiger partial charge in [-0.1, -0.05) is 19.9 Å². The van der Waals surface area contributed by atoms with Gasteiger partial charge in [0.25, 0.3) is 0 Å². The molecule has 2 N–H and O–H groups in total. The van der Waals surface area contributed by atoms with Gasteiger partial charge in [-0.3, -0.25) is 0 Å². The van der Waals surface area contributed by atoms with Gasteiger partial charge in [0.15, 0.2) is 0 Å². The summed E-state index contributed by atoms with van der Waals surface area (Å²) >= 11 is 2.07. The van der Waals surface area contributed by atoms with Gasteiger partial charge in [0.1, 0.15) is 5.75 Å². The molecule has 0 bridgehead atoms. The largest absolute Gasteiger partial charge is 0.508 e. The number of nitrogens with zero attached hydrogens (tertiary/aromatic N) is 1. The van der Waals surface area contributed by atoms with E-state index in [0.717, 1.165) is 30.9 Å². The summed E-state index contributed by atoms with van der Waals surface area (Å²) in [5.74, 6) is 1.58. The molecule has 4 heteroatoms. The van der Waals surface area contributed by atoms with Gasteiger partial charge in [-0.25, -0.2) is 0 Å². The van der Waals surface area contributed by atoms with Crippen molar-refractivity contribution in [1.82, 2.24) is 5.32 Å². The Morgan fingerprint density at radius 3 is 2.90 bits per heavy atom. The Morgan fingerprint density at radius 2 is 2.25 bits per heavy atom. The van der Waals surface area contributed by atoms with E-state index in [0.29, 0.717) is 11.0 Å². The van der Waals surface area contributed by atoms with E-state index in [1.807, 2.05) is 6.07 Å². The lowest BCUT2D eigenvalue weighted by Gasteiger charge is -2.34. The average Bonchev–Trinajstić information content (AvgIpc) is 2.47. The van der Waals surface area contributed by atoms with Crippen LogP contribution in [0.2, 0.25) is 0 Å². The fourth-order valence-electron chi connectivity index (χ4n) is 2.71. The number of aromatic hydroxyl groups is 1. The van der Waals surface area contributed by atoms with Gasteiger partial charge in [0.05, 0.1) is 0 Å². The first-order chi connectivity index (χ1) is 9.65. The minimum Gasteiger partial charge on any atom is -0.508 e. The summed E-state index contributed by atoms with van der Waals surface area (Å²) in [4.78, 5) is 2.39. The van der Waals surface area contributed by atoms with Crippen LogP contribution in [0.3, 0.4) is 0 Å². The SMILES string of the molecule is CCNC(C)c1ccc(N2CCSC(CC)C2)cc1O. The molecule has 0 spiro atoms. The lowest BCUT2D eigenvalue weighted by atomic mass is 10.1. The van der Waals surface area contributed by atoms with Gasteiger partial charge in [-0.2, -0.15) is 11.8 Å². The highest BCUT2D eigenvalue weighted by Crippen LogP contribution is 2.31. The second-order valence-corrected chi connectivity index (χ2v) is 6.78. The van der Waals surface area contributed by atoms with Crippen LogP contribution < -0.4 is 10.2 Å². The van der Waals surface area contributed by atoms with Crippen LogP contribution >= 0.6 is 11.8 Å². The van der Waals surface area contributed by atoms with Crippen LogP contribution in [0.5, 0.6) is 5.75 Å². The minimum absolute atomic E-state index is 0.189. The molecule has 1 heterocycles. The normalized spacial score (nSPS) is 20.9. The third-order valence-electron chi connectivity index (χ3n) is 3.95. The smallest absolute Gasteiger partial charge is 0.122 e. The van der Waals surface area contributed by atoms with Gasteiger partial charge in [0, 0.05) is 47.5 Å². The Hall–Kier alpha value is -0.870. The van der Waals surface area contributed by atoms with E-state index in [-0.39, 0.29) is 6.04 Å². The first-order valence-electron chi connectivity index (χ1n) is 7.58. The van der Waals surface area contributed by atoms with E-state index in [4.69, 9.17) is 0 Å². The Balaban J connectivity index is 2.12. The van der Waals surface area contributed by atoms with Crippen molar-refractivity contribution >= 4 is 17.4 Å². The highest BCUT2D eigenvalue weighted by molar-refractivity contribution is 8.00. The van der Waals surface area contributed by atoms with Crippen molar-refractivity contribution in [3.05, 3.63) is 23.8 Å². The van der Waals surface area contributed by atoms with E-state index in [1.54, 1.807) is 0 Å². The second-order valence-electron chi connectivity index (χ2n) is 5.37. The highest BCUT2D eigenvalue weighted by atomic mass is 32.2. The molecule has 1 fully saturated rings. The van der Waals surface area contributed by atoms with E-state index in [1.165, 1.54) is 12.2 Å². The molecule has 1 aliphatic rings. The zero-order valence-corrected chi connectivity index (χ0v) is 13.5. The quantitative estimate of drug-likeness (QED) is 0.872. The van der Waals surface area contributed by atoms with E-state index in [9.17, 15) is 5.11 Å². The summed E-state index contributed by atoms with van der Waals surface area (Å²) in [7, 11) is 0. The van der Waals surface area contributed by atoms with Crippen LogP contribution in [0.1, 0.15) is 38.8 Å². The first kappa shape index (κ1) is 15.5. The molecule has 2 atom stereocenters. The van der Waals surface area contributed by atoms with Crippen molar-refractivity contribution in [3.8, 4) is 5.75 Å². The van der Waals surface area contributed by atoms with Crippen molar-refractivity contribution in [2.45, 2.75) is 38.5 Å². The zero-order chi connectivity index (χ0) is 14.5. The van der Waals surface area contributed by atoms with E-state index >= 15 is 0 Å². The molecule has 1 aromatic rings. The Morgan fingerprint density at radius 1 is 1.45 bits per heavy atom. The lowest BCUT2D eigenvalue weighted by molar-refractivity contribution is 0.454. The van der Waals surface area contributed by atoms with Crippen LogP contribution in [-0.2, 0) is 0 Å². The van der Waals surface area contributed by atoms with Gasteiger partial charge < -0.3 is 15.3 Å². The Kier molecular flexibility index (Phi) is 5.61. The van der Waals surface area contributed by atoms with Crippen molar-refractivity contribution < 1.29 is 5.11 Å². The molecule has 0 amide bonds. The number of anilines is 1. The highest BCUT2D eigenvalue weighted by Gasteiger charge is 2.20. The number of phenols is 1. The molecule has 1 saturated heterocycles. The maximum Gasteiger partial charge on any atom is 0.122 e. The van der Waals surface area contributed by atoms with Crippen molar-refractivity contribution in [3.63, 3.8) is 0 Å². The van der Waals surface area contributed by atoms with Crippen molar-refractivity contribution in [1.29, 1.82) is 0 Å². The molecule has 0 aromatic heterocycles. The lowest BCUT2D eigenvalue weighted by Crippen LogP contribution is -2.37. The van der Waals surface area contributed by atoms with E-state index in [2.05, 4.69) is 54.9 Å². The molecule has 2 rings (SSSR count). The molecule has 20 heavy (non-hydrogen) atoms. The standard InChI is InChI=1S/C16H26N2OS/c1-4-14-11-18(8-9-20-14)13-6-7-15(16(19)10-13)12(3)17-5-2/h6-7,10,12,14,17,19H,4-5,8-9,11H2,1-3H3. The maximum atomic E-state index is 10.3. The average molecular weight is 294 g/mol. The second kappa shape index (κ2) is 7.23. The summed E-state index contributed by atoms with van der Waals surface area (Å²) in [5.41, 5.74) is 2.13. The van der Waals surface area contributed by atoms with Crippen molar-refractivity contribution in [2.75, 3.05) is 30.3 Å². The van der Waals surface area contributed by atoms with Crippen LogP contribution in [-0.4, -0.2) is 35.7 Å². The Labute approximate surface area is 126 Å². The summed E-state index contributed by atoms with van der Waals surface area (Å²) in [6, 6.07) is 6.31. The number of benzene rings is 1. The first-order valence-corrected chi connectivity index (χ1v) is 8.63. The Bertz CT molecular complexity index is 438. The van der Waals surface area contributed by atoms with Gasteiger partial charge in [-0.15, -0.1) is 0 Å². The summed E-state index contributed by atoms with van der Waals surface area (Å²) in [6.07, 6.45) is 1.21. The third-order valence-corrected chi connectivity index (χ3v) is 5.32. The molecule has 0 saturated carbocycles. The predicted molar refractivity (Wildman–Crippen MR) is 88.9 cm³/mol. The molecule has 0 radical (unpaired) electrons. The molecule has 3 nitrogen and oxygen atoms in total. The van der Waals surface area contributed by atoms with Crippen LogP contribution in [0.15, 0.2) is 18.2 Å². The summed E-state index contributed by atoms with van der Waals surface area (Å²) in [5, 5.41) is 14.3. The topological polar surface area (TPSA) is 35.5 Å². The van der Waals surface area contributed by atoms with Crippen LogP contribution in [0, 0.1) is 0 Å².